The lowest BCUT2D eigenvalue weighted by atomic mass is 10.0. The number of hydrogen-bond acceptors (Lipinski definition) is 8. The molecular weight excluding hydrogens is 598 g/mol. The Hall–Kier alpha value is -3.59. The van der Waals surface area contributed by atoms with Gasteiger partial charge in [-0.05, 0) is 37.5 Å². The third-order valence-corrected chi connectivity index (χ3v) is 8.05. The molecule has 262 valence electrons. The van der Waals surface area contributed by atoms with Crippen LogP contribution in [0.2, 0.25) is 0 Å². The molecule has 0 saturated heterocycles. The molecule has 0 aromatic heterocycles. The first-order valence-electron chi connectivity index (χ1n) is 17.6. The van der Waals surface area contributed by atoms with Gasteiger partial charge >= 0.3 is 11.9 Å². The second kappa shape index (κ2) is 24.6. The van der Waals surface area contributed by atoms with Crippen molar-refractivity contribution in [2.75, 3.05) is 26.9 Å². The standard InChI is InChI=1S/C38H57NO8/c1-4-6-7-8-9-10-11-12-13-14-15-16-17-21-26-46-31-24-25-32(34(28-31)47-29-35(40)45-5-2)37(42)39-33(36(41)38(43)44-3)27-30-22-19-18-20-23-30/h18-20,22-25,28,33,36,41H,4-17,21,26-27,29H2,1-3H3,(H,39,42)/t33-,36-/m0/s1. The first kappa shape index (κ1) is 39.6. The molecular formula is C38H57NO8. The van der Waals surface area contributed by atoms with Gasteiger partial charge in [0.05, 0.1) is 31.9 Å². The average molecular weight is 656 g/mol. The molecule has 2 atom stereocenters. The zero-order valence-corrected chi connectivity index (χ0v) is 28.8. The molecule has 0 heterocycles. The summed E-state index contributed by atoms with van der Waals surface area (Å²) in [7, 11) is 1.17. The molecule has 2 aromatic carbocycles. The highest BCUT2D eigenvalue weighted by Crippen LogP contribution is 2.26. The van der Waals surface area contributed by atoms with Gasteiger partial charge in [0.2, 0.25) is 0 Å². The van der Waals surface area contributed by atoms with E-state index in [9.17, 15) is 19.5 Å². The maximum absolute atomic E-state index is 13.5. The Morgan fingerprint density at radius 1 is 0.766 bits per heavy atom. The van der Waals surface area contributed by atoms with Crippen molar-refractivity contribution in [3.05, 3.63) is 59.7 Å². The Labute approximate surface area is 281 Å². The predicted octanol–water partition coefficient (Wildman–Crippen LogP) is 7.36. The second-order valence-corrected chi connectivity index (χ2v) is 11.9. The fourth-order valence-electron chi connectivity index (χ4n) is 5.37. The van der Waals surface area contributed by atoms with Crippen molar-refractivity contribution in [2.24, 2.45) is 0 Å². The zero-order chi connectivity index (χ0) is 34.1. The molecule has 2 aromatic rings. The summed E-state index contributed by atoms with van der Waals surface area (Å²) in [6.45, 7) is 4.28. The summed E-state index contributed by atoms with van der Waals surface area (Å²) in [6, 6.07) is 13.0. The summed E-state index contributed by atoms with van der Waals surface area (Å²) in [4.78, 5) is 37.7. The lowest BCUT2D eigenvalue weighted by Gasteiger charge is -2.23. The third-order valence-electron chi connectivity index (χ3n) is 8.05. The average Bonchev–Trinajstić information content (AvgIpc) is 3.08. The molecule has 0 unspecified atom stereocenters. The summed E-state index contributed by atoms with van der Waals surface area (Å²) in [5.74, 6) is -1.40. The van der Waals surface area contributed by atoms with Gasteiger partial charge in [0.1, 0.15) is 11.5 Å². The number of amides is 1. The number of aliphatic hydroxyl groups is 1. The number of carbonyl (C=O) groups is 3. The maximum Gasteiger partial charge on any atom is 0.344 e. The topological polar surface area (TPSA) is 120 Å². The van der Waals surface area contributed by atoms with Crippen LogP contribution in [0, 0.1) is 0 Å². The van der Waals surface area contributed by atoms with Crippen LogP contribution >= 0.6 is 0 Å². The van der Waals surface area contributed by atoms with Gasteiger partial charge in [-0.3, -0.25) is 4.79 Å². The number of benzene rings is 2. The van der Waals surface area contributed by atoms with E-state index in [-0.39, 0.29) is 24.3 Å². The summed E-state index contributed by atoms with van der Waals surface area (Å²) < 4.78 is 21.4. The minimum Gasteiger partial charge on any atom is -0.493 e. The van der Waals surface area contributed by atoms with Crippen LogP contribution in [0.4, 0.5) is 0 Å². The van der Waals surface area contributed by atoms with E-state index in [0.717, 1.165) is 18.4 Å². The van der Waals surface area contributed by atoms with Crippen molar-refractivity contribution in [1.29, 1.82) is 0 Å². The Balaban J connectivity index is 1.90. The summed E-state index contributed by atoms with van der Waals surface area (Å²) in [6.07, 6.45) is 16.5. The highest BCUT2D eigenvalue weighted by atomic mass is 16.6. The number of hydrogen-bond donors (Lipinski definition) is 2. The number of unbranched alkanes of at least 4 members (excludes halogenated alkanes) is 13. The van der Waals surface area contributed by atoms with E-state index in [4.69, 9.17) is 18.9 Å². The zero-order valence-electron chi connectivity index (χ0n) is 28.8. The SMILES string of the molecule is CCCCCCCCCCCCCCCCOc1ccc(C(=O)N[C@@H](Cc2ccccc2)[C@H](O)C(=O)OC)c(OCC(=O)OCC)c1. The van der Waals surface area contributed by atoms with E-state index in [1.165, 1.54) is 84.2 Å². The van der Waals surface area contributed by atoms with Crippen molar-refractivity contribution in [3.63, 3.8) is 0 Å². The van der Waals surface area contributed by atoms with Crippen LogP contribution in [0.1, 0.15) is 120 Å². The van der Waals surface area contributed by atoms with Crippen molar-refractivity contribution in [1.82, 2.24) is 5.32 Å². The van der Waals surface area contributed by atoms with Gasteiger partial charge in [0.25, 0.3) is 5.91 Å². The van der Waals surface area contributed by atoms with E-state index in [2.05, 4.69) is 12.2 Å². The Kier molecular flexibility index (Phi) is 20.7. The highest BCUT2D eigenvalue weighted by Gasteiger charge is 2.30. The van der Waals surface area contributed by atoms with Gasteiger partial charge < -0.3 is 29.4 Å². The second-order valence-electron chi connectivity index (χ2n) is 11.9. The van der Waals surface area contributed by atoms with Crippen LogP contribution in [-0.2, 0) is 25.5 Å². The molecule has 0 aliphatic heterocycles. The van der Waals surface area contributed by atoms with Crippen LogP contribution in [0.5, 0.6) is 11.5 Å². The lowest BCUT2D eigenvalue weighted by Crippen LogP contribution is -2.48. The molecule has 0 spiro atoms. The normalized spacial score (nSPS) is 12.2. The summed E-state index contributed by atoms with van der Waals surface area (Å²) >= 11 is 0. The Morgan fingerprint density at radius 3 is 1.94 bits per heavy atom. The van der Waals surface area contributed by atoms with Crippen LogP contribution in [-0.4, -0.2) is 62.0 Å². The van der Waals surface area contributed by atoms with Gasteiger partial charge in [-0.15, -0.1) is 0 Å². The molecule has 0 saturated carbocycles. The van der Waals surface area contributed by atoms with Crippen molar-refractivity contribution in [3.8, 4) is 11.5 Å². The fraction of sp³-hybridized carbons (Fsp3) is 0.605. The quantitative estimate of drug-likeness (QED) is 0.0797. The summed E-state index contributed by atoms with van der Waals surface area (Å²) in [5.41, 5.74) is 0.931. The van der Waals surface area contributed by atoms with Crippen molar-refractivity contribution < 1.29 is 38.4 Å². The number of esters is 2. The predicted molar refractivity (Wildman–Crippen MR) is 184 cm³/mol. The number of nitrogens with one attached hydrogen (secondary N) is 1. The lowest BCUT2D eigenvalue weighted by molar-refractivity contribution is -0.151. The van der Waals surface area contributed by atoms with E-state index < -0.39 is 36.6 Å². The van der Waals surface area contributed by atoms with E-state index in [0.29, 0.717) is 12.4 Å². The van der Waals surface area contributed by atoms with E-state index in [1.807, 2.05) is 30.3 Å². The molecule has 0 radical (unpaired) electrons. The van der Waals surface area contributed by atoms with E-state index >= 15 is 0 Å². The fourth-order valence-corrected chi connectivity index (χ4v) is 5.37. The molecule has 0 aliphatic rings. The van der Waals surface area contributed by atoms with Gasteiger partial charge in [0, 0.05) is 6.07 Å². The third kappa shape index (κ3) is 16.7. The first-order chi connectivity index (χ1) is 22.9. The number of aliphatic hydroxyl groups excluding tert-OH is 1. The van der Waals surface area contributed by atoms with Crippen LogP contribution in [0.25, 0.3) is 0 Å². The smallest absolute Gasteiger partial charge is 0.344 e. The number of methoxy groups -OCH3 is 1. The van der Waals surface area contributed by atoms with Crippen LogP contribution in [0.3, 0.4) is 0 Å². The molecule has 9 nitrogen and oxygen atoms in total. The molecule has 1 amide bonds. The van der Waals surface area contributed by atoms with Crippen molar-refractivity contribution in [2.45, 2.75) is 122 Å². The minimum absolute atomic E-state index is 0.119. The monoisotopic (exact) mass is 655 g/mol. The largest absolute Gasteiger partial charge is 0.493 e. The molecule has 0 aliphatic carbocycles. The molecule has 2 N–H and O–H groups in total. The highest BCUT2D eigenvalue weighted by molar-refractivity contribution is 5.97. The number of carbonyl (C=O) groups excluding carboxylic acids is 3. The van der Waals surface area contributed by atoms with Gasteiger partial charge in [0.15, 0.2) is 12.7 Å². The molecule has 0 bridgehead atoms. The maximum atomic E-state index is 13.5. The van der Waals surface area contributed by atoms with Crippen LogP contribution < -0.4 is 14.8 Å². The molecule has 9 heteroatoms. The Morgan fingerprint density at radius 2 is 1.36 bits per heavy atom. The van der Waals surface area contributed by atoms with Gasteiger partial charge in [-0.25, -0.2) is 9.59 Å². The van der Waals surface area contributed by atoms with Gasteiger partial charge in [-0.2, -0.15) is 0 Å². The van der Waals surface area contributed by atoms with E-state index in [1.54, 1.807) is 25.1 Å². The number of rotatable bonds is 26. The number of ether oxygens (including phenoxy) is 4. The Bertz CT molecular complexity index is 1160. The van der Waals surface area contributed by atoms with Crippen molar-refractivity contribution >= 4 is 17.8 Å². The first-order valence-corrected chi connectivity index (χ1v) is 17.6. The summed E-state index contributed by atoms with van der Waals surface area (Å²) in [5, 5.41) is 13.4. The molecule has 2 rings (SSSR count). The van der Waals surface area contributed by atoms with Crippen LogP contribution in [0.15, 0.2) is 48.5 Å². The molecule has 0 fully saturated rings. The minimum atomic E-state index is -1.60. The van der Waals surface area contributed by atoms with Gasteiger partial charge in [-0.1, -0.05) is 121 Å². The molecule has 47 heavy (non-hydrogen) atoms.